The first-order valence-electron chi connectivity index (χ1n) is 9.87. The van der Waals surface area contributed by atoms with Crippen molar-refractivity contribution >= 4 is 11.9 Å². The molecule has 0 radical (unpaired) electrons. The van der Waals surface area contributed by atoms with E-state index >= 15 is 0 Å². The van der Waals surface area contributed by atoms with E-state index in [-0.39, 0.29) is 13.2 Å². The molecule has 0 aliphatic carbocycles. The Kier molecular flexibility index (Phi) is 16.1. The summed E-state index contributed by atoms with van der Waals surface area (Å²) in [6.07, 6.45) is 10.2. The highest BCUT2D eigenvalue weighted by atomic mass is 16.5. The molecule has 2 N–H and O–H groups in total. The summed E-state index contributed by atoms with van der Waals surface area (Å²) in [6.45, 7) is 4.06. The van der Waals surface area contributed by atoms with E-state index in [9.17, 15) is 19.8 Å². The summed E-state index contributed by atoms with van der Waals surface area (Å²) in [4.78, 5) is 23.0. The summed E-state index contributed by atoms with van der Waals surface area (Å²) in [5.74, 6) is -1.40. The maximum absolute atomic E-state index is 11.5. The molecule has 0 amide bonds. The second-order valence-electron chi connectivity index (χ2n) is 6.60. The number of aliphatic hydroxyl groups excluding tert-OH is 2. The standard InChI is InChI=1S/C20H36O6/c1-3-5-7-9-11-17(21)15-25-19(23)13-14-20(24)26-16-18(22)12-10-8-6-4-2/h13-14,17-18,21-22H,3-12,15-16H2,1-2H3/b14-13+. The zero-order valence-electron chi connectivity index (χ0n) is 16.3. The molecule has 0 aliphatic rings. The van der Waals surface area contributed by atoms with Crippen LogP contribution in [0.3, 0.4) is 0 Å². The maximum atomic E-state index is 11.5. The Balaban J connectivity index is 3.79. The first kappa shape index (κ1) is 24.6. The Morgan fingerprint density at radius 2 is 1.12 bits per heavy atom. The third kappa shape index (κ3) is 16.1. The van der Waals surface area contributed by atoms with Gasteiger partial charge >= 0.3 is 11.9 Å². The molecule has 0 rings (SSSR count). The van der Waals surface area contributed by atoms with Crippen LogP contribution in [-0.2, 0) is 19.1 Å². The molecule has 0 aromatic rings. The quantitative estimate of drug-likeness (QED) is 0.245. The number of aliphatic hydroxyl groups is 2. The van der Waals surface area contributed by atoms with Gasteiger partial charge in [0.15, 0.2) is 0 Å². The summed E-state index contributed by atoms with van der Waals surface area (Å²) >= 11 is 0. The van der Waals surface area contributed by atoms with Crippen molar-refractivity contribution in [2.24, 2.45) is 0 Å². The maximum Gasteiger partial charge on any atom is 0.331 e. The van der Waals surface area contributed by atoms with Gasteiger partial charge in [0.05, 0.1) is 12.2 Å². The lowest BCUT2D eigenvalue weighted by Crippen LogP contribution is -2.19. The summed E-state index contributed by atoms with van der Waals surface area (Å²) in [6, 6.07) is 0. The lowest BCUT2D eigenvalue weighted by molar-refractivity contribution is -0.143. The van der Waals surface area contributed by atoms with E-state index in [4.69, 9.17) is 9.47 Å². The van der Waals surface area contributed by atoms with Crippen molar-refractivity contribution in [3.8, 4) is 0 Å². The van der Waals surface area contributed by atoms with E-state index < -0.39 is 24.1 Å². The van der Waals surface area contributed by atoms with Crippen LogP contribution in [0.15, 0.2) is 12.2 Å². The largest absolute Gasteiger partial charge is 0.460 e. The second kappa shape index (κ2) is 17.0. The van der Waals surface area contributed by atoms with Crippen molar-refractivity contribution in [1.82, 2.24) is 0 Å². The number of ether oxygens (including phenoxy) is 2. The molecule has 6 heteroatoms. The molecular weight excluding hydrogens is 336 g/mol. The van der Waals surface area contributed by atoms with E-state index in [0.29, 0.717) is 12.8 Å². The fourth-order valence-electron chi connectivity index (χ4n) is 2.37. The highest BCUT2D eigenvalue weighted by Crippen LogP contribution is 2.07. The van der Waals surface area contributed by atoms with Crippen LogP contribution >= 0.6 is 0 Å². The first-order valence-corrected chi connectivity index (χ1v) is 9.87. The number of carbonyl (C=O) groups excluding carboxylic acids is 2. The summed E-state index contributed by atoms with van der Waals surface area (Å²) in [5.41, 5.74) is 0. The molecule has 152 valence electrons. The average Bonchev–Trinajstić information content (AvgIpc) is 2.63. The van der Waals surface area contributed by atoms with Gasteiger partial charge in [0.25, 0.3) is 0 Å². The van der Waals surface area contributed by atoms with Gasteiger partial charge in [-0.2, -0.15) is 0 Å². The number of hydrogen-bond donors (Lipinski definition) is 2. The fraction of sp³-hybridized carbons (Fsp3) is 0.800. The van der Waals surface area contributed by atoms with Crippen molar-refractivity contribution in [3.05, 3.63) is 12.2 Å². The van der Waals surface area contributed by atoms with Crippen molar-refractivity contribution in [2.75, 3.05) is 13.2 Å². The molecule has 26 heavy (non-hydrogen) atoms. The van der Waals surface area contributed by atoms with Crippen LogP contribution in [0.5, 0.6) is 0 Å². The average molecular weight is 373 g/mol. The summed E-state index contributed by atoms with van der Waals surface area (Å²) in [7, 11) is 0. The van der Waals surface area contributed by atoms with Crippen molar-refractivity contribution < 1.29 is 29.3 Å². The Bertz CT molecular complexity index is 358. The van der Waals surface area contributed by atoms with Crippen molar-refractivity contribution in [2.45, 2.75) is 90.3 Å². The zero-order chi connectivity index (χ0) is 19.6. The predicted molar refractivity (Wildman–Crippen MR) is 101 cm³/mol. The molecule has 0 heterocycles. The molecule has 0 spiro atoms. The minimum absolute atomic E-state index is 0.0825. The third-order valence-electron chi connectivity index (χ3n) is 3.97. The molecule has 0 bridgehead atoms. The zero-order valence-corrected chi connectivity index (χ0v) is 16.3. The molecular formula is C20H36O6. The van der Waals surface area contributed by atoms with Gasteiger partial charge in [-0.15, -0.1) is 0 Å². The Morgan fingerprint density at radius 1 is 0.731 bits per heavy atom. The minimum atomic E-state index is -0.699. The minimum Gasteiger partial charge on any atom is -0.460 e. The van der Waals surface area contributed by atoms with Crippen molar-refractivity contribution in [1.29, 1.82) is 0 Å². The van der Waals surface area contributed by atoms with Crippen LogP contribution in [0.25, 0.3) is 0 Å². The highest BCUT2D eigenvalue weighted by molar-refractivity contribution is 5.91. The van der Waals surface area contributed by atoms with Crippen molar-refractivity contribution in [3.63, 3.8) is 0 Å². The van der Waals surface area contributed by atoms with Crippen LogP contribution < -0.4 is 0 Å². The topological polar surface area (TPSA) is 93.1 Å². The van der Waals surface area contributed by atoms with Crippen LogP contribution in [0.1, 0.15) is 78.1 Å². The first-order chi connectivity index (χ1) is 12.5. The van der Waals surface area contributed by atoms with E-state index in [2.05, 4.69) is 13.8 Å². The molecule has 0 aromatic carbocycles. The molecule has 2 unspecified atom stereocenters. The fourth-order valence-corrected chi connectivity index (χ4v) is 2.37. The number of unbranched alkanes of at least 4 members (excludes halogenated alkanes) is 6. The van der Waals surface area contributed by atoms with Gasteiger partial charge in [0.2, 0.25) is 0 Å². The van der Waals surface area contributed by atoms with E-state index in [1.807, 2.05) is 0 Å². The van der Waals surface area contributed by atoms with E-state index in [0.717, 1.165) is 63.5 Å². The van der Waals surface area contributed by atoms with Gasteiger partial charge in [-0.3, -0.25) is 0 Å². The highest BCUT2D eigenvalue weighted by Gasteiger charge is 2.09. The van der Waals surface area contributed by atoms with Gasteiger partial charge in [0.1, 0.15) is 13.2 Å². The molecule has 0 saturated heterocycles. The summed E-state index contributed by atoms with van der Waals surface area (Å²) < 4.78 is 9.76. The Hall–Kier alpha value is -1.40. The van der Waals surface area contributed by atoms with E-state index in [1.165, 1.54) is 0 Å². The molecule has 0 aliphatic heterocycles. The van der Waals surface area contributed by atoms with Gasteiger partial charge in [-0.25, -0.2) is 9.59 Å². The summed E-state index contributed by atoms with van der Waals surface area (Å²) in [5, 5.41) is 19.4. The van der Waals surface area contributed by atoms with Gasteiger partial charge in [0, 0.05) is 12.2 Å². The Morgan fingerprint density at radius 3 is 1.46 bits per heavy atom. The lowest BCUT2D eigenvalue weighted by atomic mass is 10.1. The Labute approximate surface area is 157 Å². The number of rotatable bonds is 16. The molecule has 0 aromatic heterocycles. The molecule has 0 saturated carbocycles. The smallest absolute Gasteiger partial charge is 0.331 e. The van der Waals surface area contributed by atoms with Crippen LogP contribution in [0.2, 0.25) is 0 Å². The monoisotopic (exact) mass is 372 g/mol. The van der Waals surface area contributed by atoms with E-state index in [1.54, 1.807) is 0 Å². The van der Waals surface area contributed by atoms with Crippen LogP contribution in [0, 0.1) is 0 Å². The van der Waals surface area contributed by atoms with Gasteiger partial charge < -0.3 is 19.7 Å². The molecule has 0 fully saturated rings. The van der Waals surface area contributed by atoms with Gasteiger partial charge in [-0.1, -0.05) is 65.2 Å². The molecule has 2 atom stereocenters. The number of esters is 2. The predicted octanol–water partition coefficient (Wildman–Crippen LogP) is 3.29. The number of hydrogen-bond acceptors (Lipinski definition) is 6. The lowest BCUT2D eigenvalue weighted by Gasteiger charge is -2.10. The molecule has 6 nitrogen and oxygen atoms in total. The van der Waals surface area contributed by atoms with Crippen LogP contribution in [0.4, 0.5) is 0 Å². The second-order valence-corrected chi connectivity index (χ2v) is 6.60. The number of carbonyl (C=O) groups is 2. The normalized spacial score (nSPS) is 13.5. The third-order valence-corrected chi connectivity index (χ3v) is 3.97. The van der Waals surface area contributed by atoms with Crippen LogP contribution in [-0.4, -0.2) is 47.6 Å². The SMILES string of the molecule is CCCCCCC(O)COC(=O)/C=C/C(=O)OCC(O)CCCCCC. The van der Waals surface area contributed by atoms with Gasteiger partial charge in [-0.05, 0) is 12.8 Å².